The van der Waals surface area contributed by atoms with Crippen LogP contribution in [0.5, 0.6) is 0 Å². The van der Waals surface area contributed by atoms with E-state index in [1.165, 1.54) is 0 Å². The number of anilines is 1. The third-order valence-electron chi connectivity index (χ3n) is 3.59. The van der Waals surface area contributed by atoms with E-state index in [2.05, 4.69) is 20.3 Å². The van der Waals surface area contributed by atoms with Gasteiger partial charge in [0.1, 0.15) is 0 Å². The summed E-state index contributed by atoms with van der Waals surface area (Å²) in [6.45, 7) is 1.66. The van der Waals surface area contributed by atoms with Crippen LogP contribution < -0.4 is 5.32 Å². The van der Waals surface area contributed by atoms with Gasteiger partial charge in [0, 0.05) is 44.0 Å². The van der Waals surface area contributed by atoms with Crippen molar-refractivity contribution in [3.63, 3.8) is 0 Å². The molecular formula is C14H15N5OS. The highest BCUT2D eigenvalue weighted by molar-refractivity contribution is 7.18. The van der Waals surface area contributed by atoms with Crippen molar-refractivity contribution in [2.45, 2.75) is 18.9 Å². The zero-order valence-corrected chi connectivity index (χ0v) is 12.2. The number of rotatable bonds is 3. The van der Waals surface area contributed by atoms with E-state index >= 15 is 0 Å². The number of nitrogens with zero attached hydrogens (tertiary/aromatic N) is 4. The normalized spacial score (nSPS) is 16.4. The minimum atomic E-state index is 0.460. The number of ether oxygens (including phenoxy) is 1. The van der Waals surface area contributed by atoms with Crippen molar-refractivity contribution >= 4 is 22.1 Å². The molecule has 7 heteroatoms. The summed E-state index contributed by atoms with van der Waals surface area (Å²) < 4.78 is 7.34. The van der Waals surface area contributed by atoms with E-state index in [0.717, 1.165) is 47.4 Å². The van der Waals surface area contributed by atoms with Gasteiger partial charge in [0.25, 0.3) is 0 Å². The van der Waals surface area contributed by atoms with Crippen molar-refractivity contribution in [1.29, 1.82) is 0 Å². The van der Waals surface area contributed by atoms with Crippen LogP contribution in [0.4, 0.5) is 5.13 Å². The molecule has 4 heterocycles. The van der Waals surface area contributed by atoms with Crippen LogP contribution in [-0.4, -0.2) is 38.6 Å². The molecule has 0 atom stereocenters. The molecule has 6 nitrogen and oxygen atoms in total. The van der Waals surface area contributed by atoms with Crippen molar-refractivity contribution in [3.05, 3.63) is 31.0 Å². The minimum Gasteiger partial charge on any atom is -0.381 e. The third kappa shape index (κ3) is 2.62. The maximum atomic E-state index is 5.37. The lowest BCUT2D eigenvalue weighted by Crippen LogP contribution is -2.27. The fraction of sp³-hybridized carbons (Fsp3) is 0.357. The molecule has 21 heavy (non-hydrogen) atoms. The second-order valence-corrected chi connectivity index (χ2v) is 6.06. The van der Waals surface area contributed by atoms with E-state index in [1.54, 1.807) is 23.7 Å². The Morgan fingerprint density at radius 1 is 1.19 bits per heavy atom. The largest absolute Gasteiger partial charge is 0.381 e. The first-order chi connectivity index (χ1) is 10.4. The van der Waals surface area contributed by atoms with Crippen LogP contribution in [-0.2, 0) is 4.74 Å². The van der Waals surface area contributed by atoms with Crippen molar-refractivity contribution in [2.24, 2.45) is 0 Å². The summed E-state index contributed by atoms with van der Waals surface area (Å²) in [6, 6.07) is 0.460. The van der Waals surface area contributed by atoms with Crippen molar-refractivity contribution in [1.82, 2.24) is 19.4 Å². The van der Waals surface area contributed by atoms with E-state index in [1.807, 2.05) is 23.0 Å². The van der Waals surface area contributed by atoms with Crippen LogP contribution >= 0.6 is 11.3 Å². The van der Waals surface area contributed by atoms with Gasteiger partial charge in [-0.1, -0.05) is 11.3 Å². The Bertz CT molecular complexity index is 747. The van der Waals surface area contributed by atoms with Crippen LogP contribution in [0.15, 0.2) is 31.0 Å². The second-order valence-electron chi connectivity index (χ2n) is 5.03. The van der Waals surface area contributed by atoms with Gasteiger partial charge in [-0.15, -0.1) is 0 Å². The summed E-state index contributed by atoms with van der Waals surface area (Å²) in [7, 11) is 0. The number of fused-ring (bicyclic) bond motifs is 1. The predicted molar refractivity (Wildman–Crippen MR) is 81.6 cm³/mol. The van der Waals surface area contributed by atoms with Crippen LogP contribution in [0.2, 0.25) is 0 Å². The molecular weight excluding hydrogens is 286 g/mol. The maximum absolute atomic E-state index is 5.37. The number of imidazole rings is 1. The smallest absolute Gasteiger partial charge is 0.183 e. The fourth-order valence-electron chi connectivity index (χ4n) is 2.43. The summed E-state index contributed by atoms with van der Waals surface area (Å²) in [4.78, 5) is 14.2. The quantitative estimate of drug-likeness (QED) is 0.805. The molecule has 0 saturated carbocycles. The molecule has 0 radical (unpaired) electrons. The standard InChI is InChI=1S/C14H15N5OS/c1-5-20-6-2-10(1)18-14-17-7-12(21-14)11-9-19-4-3-15-13(19)8-16-11/h3-4,7-10H,1-2,5-6H2,(H,17,18). The summed E-state index contributed by atoms with van der Waals surface area (Å²) in [5, 5.41) is 4.43. The molecule has 0 aromatic carbocycles. The molecule has 0 aliphatic carbocycles. The molecule has 1 fully saturated rings. The molecule has 0 bridgehead atoms. The van der Waals surface area contributed by atoms with E-state index in [-0.39, 0.29) is 0 Å². The molecule has 0 amide bonds. The first kappa shape index (κ1) is 12.7. The predicted octanol–water partition coefficient (Wildman–Crippen LogP) is 2.44. The molecule has 4 rings (SSSR count). The van der Waals surface area contributed by atoms with Gasteiger partial charge in [0.15, 0.2) is 10.8 Å². The molecule has 1 N–H and O–H groups in total. The number of nitrogens with one attached hydrogen (secondary N) is 1. The highest BCUT2D eigenvalue weighted by Crippen LogP contribution is 2.28. The minimum absolute atomic E-state index is 0.460. The maximum Gasteiger partial charge on any atom is 0.183 e. The summed E-state index contributed by atoms with van der Waals surface area (Å²) >= 11 is 1.63. The van der Waals surface area contributed by atoms with Crippen molar-refractivity contribution < 1.29 is 4.74 Å². The summed E-state index contributed by atoms with van der Waals surface area (Å²) in [6.07, 6.45) is 11.4. The fourth-order valence-corrected chi connectivity index (χ4v) is 3.28. The first-order valence-corrected chi connectivity index (χ1v) is 7.79. The van der Waals surface area contributed by atoms with E-state index in [4.69, 9.17) is 4.74 Å². The Balaban J connectivity index is 1.55. The Hall–Kier alpha value is -1.99. The average molecular weight is 301 g/mol. The first-order valence-electron chi connectivity index (χ1n) is 6.98. The number of thiazole rings is 1. The molecule has 1 saturated heterocycles. The molecule has 3 aromatic rings. The Morgan fingerprint density at radius 3 is 3.00 bits per heavy atom. The lowest BCUT2D eigenvalue weighted by atomic mass is 10.1. The molecule has 108 valence electrons. The Kier molecular flexibility index (Phi) is 3.28. The molecule has 0 unspecified atom stereocenters. The van der Waals surface area contributed by atoms with Crippen LogP contribution in [0.25, 0.3) is 16.2 Å². The van der Waals surface area contributed by atoms with E-state index in [0.29, 0.717) is 6.04 Å². The zero-order chi connectivity index (χ0) is 14.1. The third-order valence-corrected chi connectivity index (χ3v) is 4.54. The van der Waals surface area contributed by atoms with Gasteiger partial charge in [-0.3, -0.25) is 0 Å². The van der Waals surface area contributed by atoms with Gasteiger partial charge in [-0.25, -0.2) is 15.0 Å². The van der Waals surface area contributed by atoms with Gasteiger partial charge in [0.2, 0.25) is 0 Å². The number of aromatic nitrogens is 4. The monoisotopic (exact) mass is 301 g/mol. The van der Waals surface area contributed by atoms with Crippen LogP contribution in [0.1, 0.15) is 12.8 Å². The van der Waals surface area contributed by atoms with Crippen molar-refractivity contribution in [2.75, 3.05) is 18.5 Å². The summed E-state index contributed by atoms with van der Waals surface area (Å²) in [5.74, 6) is 0. The van der Waals surface area contributed by atoms with E-state index in [9.17, 15) is 0 Å². The number of hydrogen-bond donors (Lipinski definition) is 1. The molecule has 1 aliphatic rings. The van der Waals surface area contributed by atoms with E-state index < -0.39 is 0 Å². The average Bonchev–Trinajstić information content (AvgIpc) is 3.16. The number of hydrogen-bond acceptors (Lipinski definition) is 6. The Morgan fingerprint density at radius 2 is 2.10 bits per heavy atom. The van der Waals surface area contributed by atoms with Gasteiger partial charge in [-0.2, -0.15) is 0 Å². The molecule has 3 aromatic heterocycles. The zero-order valence-electron chi connectivity index (χ0n) is 11.4. The second kappa shape index (κ2) is 5.42. The van der Waals surface area contributed by atoms with Gasteiger partial charge in [0.05, 0.1) is 16.8 Å². The Labute approximate surface area is 125 Å². The highest BCUT2D eigenvalue weighted by Gasteiger charge is 2.15. The van der Waals surface area contributed by atoms with Gasteiger partial charge >= 0.3 is 0 Å². The SMILES string of the molecule is c1cn2cc(-c3cnc(NC4CCOCC4)s3)ncc2n1. The summed E-state index contributed by atoms with van der Waals surface area (Å²) in [5.41, 5.74) is 1.77. The van der Waals surface area contributed by atoms with Crippen LogP contribution in [0, 0.1) is 0 Å². The topological polar surface area (TPSA) is 64.3 Å². The lowest BCUT2D eigenvalue weighted by Gasteiger charge is -2.22. The van der Waals surface area contributed by atoms with Crippen molar-refractivity contribution in [3.8, 4) is 10.6 Å². The molecule has 1 aliphatic heterocycles. The molecule has 0 spiro atoms. The highest BCUT2D eigenvalue weighted by atomic mass is 32.1. The van der Waals surface area contributed by atoms with Gasteiger partial charge < -0.3 is 14.5 Å². The lowest BCUT2D eigenvalue weighted by molar-refractivity contribution is 0.0904. The van der Waals surface area contributed by atoms with Crippen LogP contribution in [0.3, 0.4) is 0 Å². The van der Waals surface area contributed by atoms with Gasteiger partial charge in [-0.05, 0) is 12.8 Å².